The largest absolute Gasteiger partial charge is 0.497 e. The number of pyridine rings is 1. The fourth-order valence-corrected chi connectivity index (χ4v) is 4.91. The molecule has 0 radical (unpaired) electrons. The molecule has 4 aromatic rings. The van der Waals surface area contributed by atoms with E-state index in [4.69, 9.17) is 4.74 Å². The molecule has 15 heteroatoms. The average Bonchev–Trinajstić information content (AvgIpc) is 3.19. The number of amides is 1. The van der Waals surface area contributed by atoms with Gasteiger partial charge in [-0.3, -0.25) is 14.3 Å². The van der Waals surface area contributed by atoms with Crippen LogP contribution >= 0.6 is 0 Å². The Kier molecular flexibility index (Phi) is 7.79. The summed E-state index contributed by atoms with van der Waals surface area (Å²) in [6.07, 6.45) is 0. The van der Waals surface area contributed by atoms with Crippen LogP contribution in [0.2, 0.25) is 0 Å². The van der Waals surface area contributed by atoms with E-state index < -0.39 is 52.3 Å². The fraction of sp³-hybridized carbons (Fsp3) is 0.241. The Bertz CT molecular complexity index is 1830. The van der Waals surface area contributed by atoms with Crippen LogP contribution in [-0.2, 0) is 7.05 Å². The van der Waals surface area contributed by atoms with Crippen molar-refractivity contribution in [2.45, 2.75) is 19.1 Å². The third kappa shape index (κ3) is 5.54. The third-order valence-corrected chi connectivity index (χ3v) is 6.90. The molecular weight excluding hydrogens is 588 g/mol. The molecular formula is C29H24F4N6O5. The van der Waals surface area contributed by atoms with Crippen molar-refractivity contribution >= 4 is 17.4 Å². The van der Waals surface area contributed by atoms with Gasteiger partial charge in [-0.25, -0.2) is 13.8 Å². The van der Waals surface area contributed by atoms with Gasteiger partial charge in [0.1, 0.15) is 46.4 Å². The number of aromatic nitrogens is 3. The zero-order valence-electron chi connectivity index (χ0n) is 23.4. The van der Waals surface area contributed by atoms with E-state index in [1.165, 1.54) is 26.3 Å². The quantitative estimate of drug-likeness (QED) is 0.287. The SMILES string of the molecule is COc1cc(F)c(-c2c(NC(=O)c3ccc(OC(F)F)cc3)c(=O)n(-c3nc(N4CC(C)(O)C4)ccc3C#N)n2C)c(F)c1. The van der Waals surface area contributed by atoms with Gasteiger partial charge in [0, 0.05) is 37.8 Å². The molecule has 0 atom stereocenters. The Labute approximate surface area is 247 Å². The number of methoxy groups -OCH3 is 1. The van der Waals surface area contributed by atoms with Gasteiger partial charge in [-0.1, -0.05) is 0 Å². The fourth-order valence-electron chi connectivity index (χ4n) is 4.91. The van der Waals surface area contributed by atoms with E-state index in [-0.39, 0.29) is 41.5 Å². The minimum atomic E-state index is -3.09. The van der Waals surface area contributed by atoms with Crippen molar-refractivity contribution in [3.8, 4) is 34.6 Å². The minimum absolute atomic E-state index is 0.0709. The molecule has 5 rings (SSSR count). The van der Waals surface area contributed by atoms with Crippen LogP contribution in [0.5, 0.6) is 11.5 Å². The van der Waals surface area contributed by atoms with Gasteiger partial charge in [-0.05, 0) is 43.3 Å². The van der Waals surface area contributed by atoms with E-state index in [0.717, 1.165) is 45.8 Å². The first-order valence-electron chi connectivity index (χ1n) is 12.9. The molecule has 0 spiro atoms. The third-order valence-electron chi connectivity index (χ3n) is 6.90. The molecule has 11 nitrogen and oxygen atoms in total. The van der Waals surface area contributed by atoms with Crippen molar-refractivity contribution in [1.82, 2.24) is 14.3 Å². The summed E-state index contributed by atoms with van der Waals surface area (Å²) < 4.78 is 67.0. The van der Waals surface area contributed by atoms with Gasteiger partial charge in [0.2, 0.25) is 0 Å². The molecule has 0 aliphatic carbocycles. The Morgan fingerprint density at radius 2 is 1.75 bits per heavy atom. The Morgan fingerprint density at radius 3 is 2.30 bits per heavy atom. The second kappa shape index (κ2) is 11.4. The van der Waals surface area contributed by atoms with Gasteiger partial charge in [0.15, 0.2) is 5.82 Å². The molecule has 2 aromatic carbocycles. The number of β-amino-alcohol motifs (C(OH)–C–C–N with tert-alkyl or cyclic N) is 1. The van der Waals surface area contributed by atoms with Gasteiger partial charge in [0.25, 0.3) is 11.5 Å². The maximum atomic E-state index is 15.4. The molecule has 2 aromatic heterocycles. The van der Waals surface area contributed by atoms with Crippen LogP contribution in [-0.4, -0.2) is 57.8 Å². The van der Waals surface area contributed by atoms with E-state index in [2.05, 4.69) is 15.0 Å². The summed E-state index contributed by atoms with van der Waals surface area (Å²) in [5.41, 5.74) is -3.76. The van der Waals surface area contributed by atoms with E-state index in [1.807, 2.05) is 6.07 Å². The van der Waals surface area contributed by atoms with Crippen LogP contribution in [0.1, 0.15) is 22.8 Å². The van der Waals surface area contributed by atoms with Gasteiger partial charge < -0.3 is 24.8 Å². The minimum Gasteiger partial charge on any atom is -0.497 e. The molecule has 1 fully saturated rings. The number of carbonyl (C=O) groups is 1. The molecule has 0 saturated carbocycles. The van der Waals surface area contributed by atoms with Crippen molar-refractivity contribution in [2.75, 3.05) is 30.4 Å². The maximum absolute atomic E-state index is 15.4. The highest BCUT2D eigenvalue weighted by molar-refractivity contribution is 6.06. The summed E-state index contributed by atoms with van der Waals surface area (Å²) >= 11 is 0. The van der Waals surface area contributed by atoms with Gasteiger partial charge >= 0.3 is 6.61 Å². The molecule has 1 aliphatic rings. The highest BCUT2D eigenvalue weighted by Crippen LogP contribution is 2.35. The van der Waals surface area contributed by atoms with Gasteiger partial charge in [0.05, 0.1) is 23.8 Å². The van der Waals surface area contributed by atoms with Crippen LogP contribution in [0.4, 0.5) is 29.1 Å². The lowest BCUT2D eigenvalue weighted by atomic mass is 9.97. The Morgan fingerprint density at radius 1 is 1.11 bits per heavy atom. The number of hydrogen-bond acceptors (Lipinski definition) is 8. The monoisotopic (exact) mass is 612 g/mol. The summed E-state index contributed by atoms with van der Waals surface area (Å²) in [5, 5.41) is 22.4. The number of halogens is 4. The van der Waals surface area contributed by atoms with Crippen LogP contribution in [0.3, 0.4) is 0 Å². The lowest BCUT2D eigenvalue weighted by Crippen LogP contribution is -2.60. The summed E-state index contributed by atoms with van der Waals surface area (Å²) in [5.74, 6) is -3.40. The second-order valence-corrected chi connectivity index (χ2v) is 10.2. The predicted octanol–water partition coefficient (Wildman–Crippen LogP) is 3.82. The van der Waals surface area contributed by atoms with Crippen molar-refractivity contribution in [3.63, 3.8) is 0 Å². The van der Waals surface area contributed by atoms with Gasteiger partial charge in [-0.2, -0.15) is 18.7 Å². The van der Waals surface area contributed by atoms with Crippen LogP contribution in [0.15, 0.2) is 53.3 Å². The Balaban J connectivity index is 1.68. The molecule has 44 heavy (non-hydrogen) atoms. The average molecular weight is 613 g/mol. The normalized spacial score (nSPS) is 13.8. The van der Waals surface area contributed by atoms with Gasteiger partial charge in [-0.15, -0.1) is 0 Å². The van der Waals surface area contributed by atoms with Crippen molar-refractivity contribution < 1.29 is 36.9 Å². The number of anilines is 2. The maximum Gasteiger partial charge on any atom is 0.387 e. The molecule has 2 N–H and O–H groups in total. The number of carbonyl (C=O) groups excluding carboxylic acids is 1. The number of aliphatic hydroxyl groups is 1. The summed E-state index contributed by atoms with van der Waals surface area (Å²) in [6.45, 7) is -1.00. The second-order valence-electron chi connectivity index (χ2n) is 10.2. The number of nitrogens with zero attached hydrogens (tertiary/aromatic N) is 5. The van der Waals surface area contributed by atoms with E-state index >= 15 is 8.78 Å². The summed E-state index contributed by atoms with van der Waals surface area (Å²) in [7, 11) is 2.50. The van der Waals surface area contributed by atoms with Crippen molar-refractivity contribution in [2.24, 2.45) is 7.05 Å². The molecule has 0 unspecified atom stereocenters. The zero-order chi connectivity index (χ0) is 31.9. The molecule has 1 saturated heterocycles. The first-order valence-corrected chi connectivity index (χ1v) is 12.9. The number of alkyl halides is 2. The zero-order valence-corrected chi connectivity index (χ0v) is 23.4. The standard InChI is InChI=1S/C29H24F4N6O5/c1-29(42)13-38(14-29)21-9-6-16(12-34)25(35-21)39-27(41)23(36-26(40)15-4-7-17(8-5-15)44-28(32)33)24(37(39)2)22-19(30)10-18(43-3)11-20(22)31/h4-11,28,42H,13-14H2,1-3H3,(H,36,40). The first-order chi connectivity index (χ1) is 20.8. The highest BCUT2D eigenvalue weighted by Gasteiger charge is 2.38. The van der Waals surface area contributed by atoms with Crippen LogP contribution in [0, 0.1) is 23.0 Å². The lowest BCUT2D eigenvalue weighted by molar-refractivity contribution is -0.0498. The number of ether oxygens (including phenoxy) is 2. The van der Waals surface area contributed by atoms with Crippen LogP contribution < -0.4 is 25.2 Å². The lowest BCUT2D eigenvalue weighted by Gasteiger charge is -2.45. The molecule has 1 amide bonds. The van der Waals surface area contributed by atoms with Crippen molar-refractivity contribution in [3.05, 3.63) is 81.6 Å². The number of benzene rings is 2. The molecule has 228 valence electrons. The van der Waals surface area contributed by atoms with E-state index in [0.29, 0.717) is 5.82 Å². The van der Waals surface area contributed by atoms with Crippen molar-refractivity contribution in [1.29, 1.82) is 5.26 Å². The molecule has 0 bridgehead atoms. The smallest absolute Gasteiger partial charge is 0.387 e. The number of hydrogen-bond donors (Lipinski definition) is 2. The summed E-state index contributed by atoms with van der Waals surface area (Å²) in [6, 6.07) is 11.2. The molecule has 1 aliphatic heterocycles. The number of nitriles is 1. The van der Waals surface area contributed by atoms with E-state index in [9.17, 15) is 28.7 Å². The number of rotatable bonds is 8. The van der Waals surface area contributed by atoms with E-state index in [1.54, 1.807) is 11.8 Å². The first kappa shape index (κ1) is 30.1. The highest BCUT2D eigenvalue weighted by atomic mass is 19.3. The Hall–Kier alpha value is -5.36. The topological polar surface area (TPSA) is 135 Å². The van der Waals surface area contributed by atoms with Crippen LogP contribution in [0.25, 0.3) is 17.1 Å². The molecule has 3 heterocycles. The number of nitrogens with one attached hydrogen (secondary N) is 1. The predicted molar refractivity (Wildman–Crippen MR) is 149 cm³/mol. The summed E-state index contributed by atoms with van der Waals surface area (Å²) in [4.78, 5) is 33.3.